The number of aliphatic hydroxyl groups excluding tert-OH is 1. The van der Waals surface area contributed by atoms with Gasteiger partial charge in [0.15, 0.2) is 5.82 Å². The average Bonchev–Trinajstić information content (AvgIpc) is 3.06. The maximum atomic E-state index is 10.1. The summed E-state index contributed by atoms with van der Waals surface area (Å²) in [6.07, 6.45) is 2.60. The number of nitrogens with zero attached hydrogens (tertiary/aromatic N) is 4. The number of pyridine rings is 1. The summed E-state index contributed by atoms with van der Waals surface area (Å²) in [6, 6.07) is 13.0. The molecule has 0 unspecified atom stereocenters. The maximum absolute atomic E-state index is 10.1. The Hall–Kier alpha value is -2.28. The van der Waals surface area contributed by atoms with E-state index in [0.717, 1.165) is 5.56 Å². The number of aromatic nitrogens is 4. The van der Waals surface area contributed by atoms with Crippen LogP contribution >= 0.6 is 11.6 Å². The van der Waals surface area contributed by atoms with Crippen molar-refractivity contribution in [2.24, 2.45) is 0 Å². The van der Waals surface area contributed by atoms with Crippen LogP contribution in [0.3, 0.4) is 0 Å². The lowest BCUT2D eigenvalue weighted by atomic mass is 10.2. The molecule has 3 rings (SSSR count). The molecule has 0 aliphatic heterocycles. The third-order valence-corrected chi connectivity index (χ3v) is 3.57. The highest BCUT2D eigenvalue weighted by Crippen LogP contribution is 2.11. The molecular weight excluding hydrogens is 328 g/mol. The second-order valence-electron chi connectivity index (χ2n) is 5.30. The summed E-state index contributed by atoms with van der Waals surface area (Å²) in [5.74, 6) is 0.532. The summed E-state index contributed by atoms with van der Waals surface area (Å²) in [7, 11) is 0. The van der Waals surface area contributed by atoms with Crippen LogP contribution in [0.25, 0.3) is 11.5 Å². The number of hydrogen-bond donors (Lipinski definition) is 1. The van der Waals surface area contributed by atoms with Gasteiger partial charge in [0.05, 0.1) is 25.9 Å². The fourth-order valence-corrected chi connectivity index (χ4v) is 2.28. The second kappa shape index (κ2) is 8.01. The normalized spacial score (nSPS) is 12.2. The van der Waals surface area contributed by atoms with E-state index in [0.29, 0.717) is 29.7 Å². The Balaban J connectivity index is 1.47. The highest BCUT2D eigenvalue weighted by atomic mass is 35.5. The van der Waals surface area contributed by atoms with E-state index >= 15 is 0 Å². The van der Waals surface area contributed by atoms with Crippen molar-refractivity contribution in [3.63, 3.8) is 0 Å². The van der Waals surface area contributed by atoms with Crippen molar-refractivity contribution in [3.05, 3.63) is 65.6 Å². The van der Waals surface area contributed by atoms with Gasteiger partial charge in [-0.05, 0) is 29.8 Å². The number of rotatable bonds is 7. The van der Waals surface area contributed by atoms with E-state index in [9.17, 15) is 5.11 Å². The van der Waals surface area contributed by atoms with E-state index in [2.05, 4.69) is 15.1 Å². The van der Waals surface area contributed by atoms with Crippen molar-refractivity contribution in [3.8, 4) is 11.5 Å². The zero-order chi connectivity index (χ0) is 16.8. The molecule has 0 saturated carbocycles. The summed E-state index contributed by atoms with van der Waals surface area (Å²) < 4.78 is 7.10. The van der Waals surface area contributed by atoms with Crippen molar-refractivity contribution < 1.29 is 9.84 Å². The minimum atomic E-state index is -0.671. The lowest BCUT2D eigenvalue weighted by molar-refractivity contribution is 0.0187. The van der Waals surface area contributed by atoms with Crippen LogP contribution in [-0.4, -0.2) is 37.6 Å². The second-order valence-corrected chi connectivity index (χ2v) is 5.74. The molecule has 1 atom stereocenters. The molecule has 1 aromatic carbocycles. The van der Waals surface area contributed by atoms with Crippen molar-refractivity contribution >= 4 is 11.6 Å². The van der Waals surface area contributed by atoms with Gasteiger partial charge in [-0.2, -0.15) is 0 Å². The first kappa shape index (κ1) is 16.6. The third kappa shape index (κ3) is 4.61. The molecule has 0 aliphatic rings. The molecule has 7 heteroatoms. The first-order chi connectivity index (χ1) is 11.7. The van der Waals surface area contributed by atoms with E-state index in [-0.39, 0.29) is 6.61 Å². The minimum absolute atomic E-state index is 0.210. The molecular formula is C17H17ClN4O2. The van der Waals surface area contributed by atoms with Gasteiger partial charge in [0, 0.05) is 11.2 Å². The fraction of sp³-hybridized carbons (Fsp3) is 0.235. The Bertz CT molecular complexity index is 762. The summed E-state index contributed by atoms with van der Waals surface area (Å²) in [4.78, 5) is 8.40. The van der Waals surface area contributed by atoms with Gasteiger partial charge >= 0.3 is 0 Å². The number of benzene rings is 1. The van der Waals surface area contributed by atoms with Gasteiger partial charge in [-0.15, -0.1) is 5.10 Å². The molecule has 3 aromatic rings. The van der Waals surface area contributed by atoms with Crippen molar-refractivity contribution in [2.75, 3.05) is 6.61 Å². The van der Waals surface area contributed by atoms with Gasteiger partial charge in [-0.3, -0.25) is 4.98 Å². The molecule has 2 heterocycles. The molecule has 0 spiro atoms. The molecule has 0 radical (unpaired) electrons. The van der Waals surface area contributed by atoms with E-state index in [1.165, 1.54) is 0 Å². The number of hydrogen-bond acceptors (Lipinski definition) is 5. The Morgan fingerprint density at radius 3 is 2.71 bits per heavy atom. The zero-order valence-corrected chi connectivity index (χ0v) is 13.7. The minimum Gasteiger partial charge on any atom is -0.389 e. The third-order valence-electron chi connectivity index (χ3n) is 3.32. The predicted octanol–water partition coefficient (Wildman–Crippen LogP) is 2.57. The summed E-state index contributed by atoms with van der Waals surface area (Å²) in [6.45, 7) is 0.937. The van der Waals surface area contributed by atoms with Crippen LogP contribution in [0, 0.1) is 0 Å². The quantitative estimate of drug-likeness (QED) is 0.713. The molecule has 6 nitrogen and oxygen atoms in total. The Morgan fingerprint density at radius 2 is 1.96 bits per heavy atom. The molecule has 0 aliphatic carbocycles. The fourth-order valence-electron chi connectivity index (χ4n) is 2.16. The van der Waals surface area contributed by atoms with Gasteiger partial charge < -0.3 is 9.84 Å². The summed E-state index contributed by atoms with van der Waals surface area (Å²) in [5, 5.41) is 15.1. The largest absolute Gasteiger partial charge is 0.389 e. The van der Waals surface area contributed by atoms with Gasteiger partial charge in [0.25, 0.3) is 0 Å². The zero-order valence-electron chi connectivity index (χ0n) is 12.9. The molecule has 24 heavy (non-hydrogen) atoms. The molecule has 124 valence electrons. The average molecular weight is 345 g/mol. The van der Waals surface area contributed by atoms with E-state index in [1.54, 1.807) is 17.2 Å². The number of aliphatic hydroxyl groups is 1. The van der Waals surface area contributed by atoms with Gasteiger partial charge in [0.1, 0.15) is 12.0 Å². The van der Waals surface area contributed by atoms with E-state index in [4.69, 9.17) is 16.3 Å². The van der Waals surface area contributed by atoms with Crippen LogP contribution in [0.2, 0.25) is 5.02 Å². The first-order valence-corrected chi connectivity index (χ1v) is 7.89. The van der Waals surface area contributed by atoms with Crippen molar-refractivity contribution in [2.45, 2.75) is 19.3 Å². The number of halogens is 1. The van der Waals surface area contributed by atoms with Gasteiger partial charge in [-0.25, -0.2) is 9.67 Å². The first-order valence-electron chi connectivity index (χ1n) is 7.52. The standard InChI is InChI=1S/C17H17ClN4O2/c18-14-6-4-13(5-7-14)10-24-11-15(23)9-22-12-20-17(21-22)16-3-1-2-8-19-16/h1-8,12,15,23H,9-11H2/t15-/m1/s1. The van der Waals surface area contributed by atoms with Crippen molar-refractivity contribution in [1.82, 2.24) is 19.7 Å². The summed E-state index contributed by atoms with van der Waals surface area (Å²) in [5.41, 5.74) is 1.70. The lowest BCUT2D eigenvalue weighted by Crippen LogP contribution is -2.22. The molecule has 0 amide bonds. The lowest BCUT2D eigenvalue weighted by Gasteiger charge is -2.11. The van der Waals surface area contributed by atoms with Crippen LogP contribution < -0.4 is 0 Å². The van der Waals surface area contributed by atoms with Crippen LogP contribution in [0.15, 0.2) is 55.0 Å². The van der Waals surface area contributed by atoms with E-state index < -0.39 is 6.10 Å². The van der Waals surface area contributed by atoms with E-state index in [1.807, 2.05) is 42.5 Å². The molecule has 2 aromatic heterocycles. The van der Waals surface area contributed by atoms with Crippen LogP contribution in [0.4, 0.5) is 0 Å². The molecule has 1 N–H and O–H groups in total. The smallest absolute Gasteiger partial charge is 0.199 e. The topological polar surface area (TPSA) is 73.1 Å². The Kier molecular flexibility index (Phi) is 5.53. The Labute approximate surface area is 144 Å². The van der Waals surface area contributed by atoms with Gasteiger partial charge in [0.2, 0.25) is 0 Å². The summed E-state index contributed by atoms with van der Waals surface area (Å²) >= 11 is 5.83. The van der Waals surface area contributed by atoms with Gasteiger partial charge in [-0.1, -0.05) is 29.8 Å². The molecule has 0 fully saturated rings. The highest BCUT2D eigenvalue weighted by Gasteiger charge is 2.09. The Morgan fingerprint density at radius 1 is 1.12 bits per heavy atom. The predicted molar refractivity (Wildman–Crippen MR) is 90.4 cm³/mol. The van der Waals surface area contributed by atoms with Crippen LogP contribution in [0.1, 0.15) is 5.56 Å². The maximum Gasteiger partial charge on any atom is 0.199 e. The molecule has 0 saturated heterocycles. The molecule has 0 bridgehead atoms. The monoisotopic (exact) mass is 344 g/mol. The van der Waals surface area contributed by atoms with Crippen molar-refractivity contribution in [1.29, 1.82) is 0 Å². The van der Waals surface area contributed by atoms with Crippen LogP contribution in [-0.2, 0) is 17.9 Å². The SMILES string of the molecule is O[C@@H](COCc1ccc(Cl)cc1)Cn1cnc(-c2ccccn2)n1. The van der Waals surface area contributed by atoms with Crippen LogP contribution in [0.5, 0.6) is 0 Å². The number of ether oxygens (including phenoxy) is 1. The highest BCUT2D eigenvalue weighted by molar-refractivity contribution is 6.30.